The number of ketones is 1. The maximum Gasteiger partial charge on any atom is 0.214 e. The predicted molar refractivity (Wildman–Crippen MR) is 97.6 cm³/mol. The minimum absolute atomic E-state index is 0.0185. The number of carbonyl (C=O) groups is 1. The molecule has 0 atom stereocenters. The topological polar surface area (TPSA) is 89.4 Å². The zero-order valence-corrected chi connectivity index (χ0v) is 14.6. The summed E-state index contributed by atoms with van der Waals surface area (Å²) in [6, 6.07) is 13.7. The van der Waals surface area contributed by atoms with Gasteiger partial charge in [-0.1, -0.05) is 24.3 Å². The molecule has 0 bridgehead atoms. The molecule has 8 heteroatoms. The van der Waals surface area contributed by atoms with E-state index in [0.717, 1.165) is 15.8 Å². The molecule has 3 heterocycles. The number of benzene rings is 1. The fourth-order valence-electron chi connectivity index (χ4n) is 2.85. The van der Waals surface area contributed by atoms with Gasteiger partial charge < -0.3 is 4.57 Å². The third kappa shape index (κ3) is 3.00. The Morgan fingerprint density at radius 3 is 2.92 bits per heavy atom. The van der Waals surface area contributed by atoms with E-state index in [0.29, 0.717) is 24.4 Å². The first-order valence-corrected chi connectivity index (χ1v) is 8.94. The molecule has 26 heavy (non-hydrogen) atoms. The summed E-state index contributed by atoms with van der Waals surface area (Å²) < 4.78 is 1.94. The SMILES string of the molecule is N#CCCn1cc(C(=O)Cn2nnc(-c3cccs3)n2)c2ccccc21. The third-order valence-electron chi connectivity index (χ3n) is 4.03. The van der Waals surface area contributed by atoms with Crippen LogP contribution in [-0.2, 0) is 13.1 Å². The lowest BCUT2D eigenvalue weighted by Crippen LogP contribution is -2.13. The molecule has 0 spiro atoms. The van der Waals surface area contributed by atoms with Crippen molar-refractivity contribution in [3.05, 3.63) is 53.5 Å². The molecule has 0 N–H and O–H groups in total. The second kappa shape index (κ2) is 6.90. The van der Waals surface area contributed by atoms with Crippen LogP contribution in [0.3, 0.4) is 0 Å². The van der Waals surface area contributed by atoms with Gasteiger partial charge in [0.1, 0.15) is 6.54 Å². The van der Waals surface area contributed by atoms with Gasteiger partial charge in [0, 0.05) is 29.2 Å². The molecular weight excluding hydrogens is 348 g/mol. The number of tetrazole rings is 1. The number of rotatable bonds is 6. The van der Waals surface area contributed by atoms with E-state index in [4.69, 9.17) is 5.26 Å². The summed E-state index contributed by atoms with van der Waals surface area (Å²) in [7, 11) is 0. The second-order valence-corrected chi connectivity index (χ2v) is 6.65. The van der Waals surface area contributed by atoms with Crippen molar-refractivity contribution in [2.75, 3.05) is 0 Å². The van der Waals surface area contributed by atoms with Crippen molar-refractivity contribution >= 4 is 28.0 Å². The minimum atomic E-state index is -0.0907. The molecule has 0 fully saturated rings. The van der Waals surface area contributed by atoms with Crippen molar-refractivity contribution in [3.63, 3.8) is 0 Å². The monoisotopic (exact) mass is 362 g/mol. The molecule has 3 aromatic heterocycles. The van der Waals surface area contributed by atoms with Crippen LogP contribution in [0.5, 0.6) is 0 Å². The Kier molecular flexibility index (Phi) is 4.29. The number of para-hydroxylation sites is 1. The van der Waals surface area contributed by atoms with Gasteiger partial charge in [-0.2, -0.15) is 10.1 Å². The summed E-state index contributed by atoms with van der Waals surface area (Å²) in [5.41, 5.74) is 1.55. The quantitative estimate of drug-likeness (QED) is 0.492. The number of aryl methyl sites for hydroxylation is 1. The zero-order chi connectivity index (χ0) is 17.9. The second-order valence-electron chi connectivity index (χ2n) is 5.71. The van der Waals surface area contributed by atoms with Gasteiger partial charge in [-0.05, 0) is 22.7 Å². The molecule has 0 radical (unpaired) electrons. The van der Waals surface area contributed by atoms with Crippen LogP contribution in [0.4, 0.5) is 0 Å². The van der Waals surface area contributed by atoms with Crippen LogP contribution in [0.15, 0.2) is 48.0 Å². The molecule has 0 unspecified atom stereocenters. The van der Waals surface area contributed by atoms with Crippen molar-refractivity contribution in [3.8, 4) is 16.8 Å². The van der Waals surface area contributed by atoms with Crippen molar-refractivity contribution < 1.29 is 4.79 Å². The van der Waals surface area contributed by atoms with Gasteiger partial charge in [-0.25, -0.2) is 0 Å². The highest BCUT2D eigenvalue weighted by molar-refractivity contribution is 7.13. The van der Waals surface area contributed by atoms with Crippen LogP contribution in [-0.4, -0.2) is 30.6 Å². The maximum atomic E-state index is 12.8. The summed E-state index contributed by atoms with van der Waals surface area (Å²) in [5, 5.41) is 23.9. The lowest BCUT2D eigenvalue weighted by atomic mass is 10.1. The fraction of sp³-hybridized carbons (Fsp3) is 0.167. The zero-order valence-electron chi connectivity index (χ0n) is 13.7. The Balaban J connectivity index is 1.61. The smallest absolute Gasteiger partial charge is 0.214 e. The lowest BCUT2D eigenvalue weighted by Gasteiger charge is -2.00. The Labute approximate surface area is 153 Å². The van der Waals surface area contributed by atoms with Crippen LogP contribution in [0.1, 0.15) is 16.8 Å². The largest absolute Gasteiger partial charge is 0.346 e. The average molecular weight is 362 g/mol. The number of nitrogens with zero attached hydrogens (tertiary/aromatic N) is 6. The molecule has 0 aliphatic heterocycles. The average Bonchev–Trinajstić information content (AvgIpc) is 3.39. The van der Waals surface area contributed by atoms with Gasteiger partial charge in [-0.15, -0.1) is 21.5 Å². The normalized spacial score (nSPS) is 10.9. The summed E-state index contributed by atoms with van der Waals surface area (Å²) >= 11 is 1.52. The first kappa shape index (κ1) is 16.2. The number of aromatic nitrogens is 5. The Bertz CT molecular complexity index is 1100. The van der Waals surface area contributed by atoms with Gasteiger partial charge in [0.05, 0.1) is 17.4 Å². The van der Waals surface area contributed by atoms with Crippen LogP contribution in [0, 0.1) is 11.3 Å². The summed E-state index contributed by atoms with van der Waals surface area (Å²) in [6.45, 7) is 0.568. The molecule has 7 nitrogen and oxygen atoms in total. The number of nitriles is 1. The van der Waals surface area contributed by atoms with E-state index in [-0.39, 0.29) is 12.3 Å². The van der Waals surface area contributed by atoms with E-state index in [2.05, 4.69) is 21.5 Å². The van der Waals surface area contributed by atoms with Gasteiger partial charge in [0.15, 0.2) is 5.78 Å². The molecule has 0 saturated heterocycles. The number of hydrogen-bond donors (Lipinski definition) is 0. The Hall–Kier alpha value is -3.31. The molecular formula is C18H14N6OS. The predicted octanol–water partition coefficient (Wildman–Crippen LogP) is 3.15. The fourth-order valence-corrected chi connectivity index (χ4v) is 3.50. The van der Waals surface area contributed by atoms with Crippen LogP contribution in [0.2, 0.25) is 0 Å². The number of thiophene rings is 1. The van der Waals surface area contributed by atoms with Crippen LogP contribution < -0.4 is 0 Å². The first-order valence-electron chi connectivity index (χ1n) is 8.06. The van der Waals surface area contributed by atoms with E-state index in [1.165, 1.54) is 16.1 Å². The summed E-state index contributed by atoms with van der Waals surface area (Å²) in [4.78, 5) is 15.0. The third-order valence-corrected chi connectivity index (χ3v) is 4.90. The molecule has 0 aliphatic carbocycles. The van der Waals surface area contributed by atoms with Crippen LogP contribution >= 0.6 is 11.3 Å². The van der Waals surface area contributed by atoms with Crippen LogP contribution in [0.25, 0.3) is 21.6 Å². The molecule has 4 rings (SSSR count). The first-order chi connectivity index (χ1) is 12.8. The Morgan fingerprint density at radius 1 is 1.23 bits per heavy atom. The van der Waals surface area contributed by atoms with E-state index in [1.807, 2.05) is 46.3 Å². The molecule has 128 valence electrons. The standard InChI is InChI=1S/C18H14N6OS/c19-8-4-9-23-11-14(13-5-1-2-6-15(13)23)16(25)12-24-21-18(20-22-24)17-7-3-10-26-17/h1-3,5-7,10-11H,4,9,12H2. The summed E-state index contributed by atoms with van der Waals surface area (Å²) in [6.07, 6.45) is 2.20. The van der Waals surface area contributed by atoms with E-state index < -0.39 is 0 Å². The Morgan fingerprint density at radius 2 is 2.12 bits per heavy atom. The number of hydrogen-bond acceptors (Lipinski definition) is 6. The van der Waals surface area contributed by atoms with E-state index in [1.54, 1.807) is 6.20 Å². The van der Waals surface area contributed by atoms with Gasteiger partial charge in [0.25, 0.3) is 0 Å². The van der Waals surface area contributed by atoms with Gasteiger partial charge >= 0.3 is 0 Å². The minimum Gasteiger partial charge on any atom is -0.346 e. The molecule has 4 aromatic rings. The van der Waals surface area contributed by atoms with Gasteiger partial charge in [-0.3, -0.25) is 4.79 Å². The lowest BCUT2D eigenvalue weighted by molar-refractivity contribution is 0.0963. The molecule has 1 aromatic carbocycles. The highest BCUT2D eigenvalue weighted by Gasteiger charge is 2.17. The highest BCUT2D eigenvalue weighted by atomic mass is 32.1. The summed E-state index contributed by atoms with van der Waals surface area (Å²) in [5.74, 6) is 0.427. The number of fused-ring (bicyclic) bond motifs is 1. The number of Topliss-reactive ketones (excluding diaryl/α,β-unsaturated/α-hetero) is 1. The van der Waals surface area contributed by atoms with Crippen molar-refractivity contribution in [1.82, 2.24) is 24.8 Å². The van der Waals surface area contributed by atoms with Gasteiger partial charge in [0.2, 0.25) is 5.82 Å². The van der Waals surface area contributed by atoms with Crippen molar-refractivity contribution in [1.29, 1.82) is 5.26 Å². The van der Waals surface area contributed by atoms with E-state index >= 15 is 0 Å². The highest BCUT2D eigenvalue weighted by Crippen LogP contribution is 2.23. The maximum absolute atomic E-state index is 12.8. The molecule has 0 aliphatic rings. The molecule has 0 saturated carbocycles. The van der Waals surface area contributed by atoms with Crippen molar-refractivity contribution in [2.45, 2.75) is 19.5 Å². The van der Waals surface area contributed by atoms with Crippen molar-refractivity contribution in [2.24, 2.45) is 0 Å². The molecule has 0 amide bonds. The van der Waals surface area contributed by atoms with E-state index in [9.17, 15) is 4.79 Å². The number of carbonyl (C=O) groups excluding carboxylic acids is 1.